The van der Waals surface area contributed by atoms with Gasteiger partial charge in [-0.05, 0) is 30.2 Å². The molecule has 0 amide bonds. The Balaban J connectivity index is 2.03. The molecule has 3 rings (SSSR count). The zero-order chi connectivity index (χ0) is 18.9. The summed E-state index contributed by atoms with van der Waals surface area (Å²) in [7, 11) is -2.56. The lowest BCUT2D eigenvalue weighted by Crippen LogP contribution is -2.13. The Labute approximate surface area is 151 Å². The van der Waals surface area contributed by atoms with Crippen LogP contribution in [0.2, 0.25) is 0 Å². The Hall–Kier alpha value is -2.61. The van der Waals surface area contributed by atoms with Crippen LogP contribution in [0.25, 0.3) is 11.0 Å². The van der Waals surface area contributed by atoms with Crippen molar-refractivity contribution in [1.29, 1.82) is 0 Å². The second kappa shape index (κ2) is 6.95. The van der Waals surface area contributed by atoms with E-state index in [1.807, 2.05) is 18.4 Å². The maximum atomic E-state index is 13.9. The van der Waals surface area contributed by atoms with Gasteiger partial charge in [0.1, 0.15) is 10.5 Å². The van der Waals surface area contributed by atoms with E-state index in [1.165, 1.54) is 19.2 Å². The van der Waals surface area contributed by atoms with E-state index in [0.717, 1.165) is 6.07 Å². The van der Waals surface area contributed by atoms with Gasteiger partial charge in [-0.25, -0.2) is 17.8 Å². The highest BCUT2D eigenvalue weighted by atomic mass is 32.2. The molecule has 2 heterocycles. The smallest absolute Gasteiger partial charge is 0.264 e. The summed E-state index contributed by atoms with van der Waals surface area (Å²) in [5, 5.41) is 0.523. The average Bonchev–Trinajstić information content (AvgIpc) is 2.94. The van der Waals surface area contributed by atoms with E-state index in [4.69, 9.17) is 4.74 Å². The number of nitrogens with one attached hydrogen (secondary N) is 1. The molecule has 0 spiro atoms. The fourth-order valence-electron chi connectivity index (χ4n) is 2.78. The highest BCUT2D eigenvalue weighted by Gasteiger charge is 2.22. The first-order valence-corrected chi connectivity index (χ1v) is 9.60. The maximum Gasteiger partial charge on any atom is 0.264 e. The van der Waals surface area contributed by atoms with E-state index in [2.05, 4.69) is 9.71 Å². The lowest BCUT2D eigenvalue weighted by molar-refractivity contribution is 0.386. The van der Waals surface area contributed by atoms with E-state index < -0.39 is 15.8 Å². The third-order valence-corrected chi connectivity index (χ3v) is 5.26. The highest BCUT2D eigenvalue weighted by Crippen LogP contribution is 2.28. The summed E-state index contributed by atoms with van der Waals surface area (Å²) in [6.45, 7) is 4.73. The standard InChI is InChI=1S/C18H20FN3O3S/c1-12(2)10-22-11-17(14-5-4-8-20-18(14)22)26(23,24)21-13-6-7-16(25-3)15(19)9-13/h4-9,11-12,21H,10H2,1-3H3. The van der Waals surface area contributed by atoms with Crippen LogP contribution in [0.3, 0.4) is 0 Å². The van der Waals surface area contributed by atoms with Crippen LogP contribution in [0.4, 0.5) is 10.1 Å². The van der Waals surface area contributed by atoms with Crippen molar-refractivity contribution in [2.45, 2.75) is 25.3 Å². The number of methoxy groups -OCH3 is 1. The number of hydrogen-bond donors (Lipinski definition) is 1. The Morgan fingerprint density at radius 1 is 1.31 bits per heavy atom. The van der Waals surface area contributed by atoms with E-state index in [-0.39, 0.29) is 16.3 Å². The Bertz CT molecular complexity index is 1050. The first-order valence-electron chi connectivity index (χ1n) is 8.12. The second-order valence-corrected chi connectivity index (χ2v) is 8.02. The van der Waals surface area contributed by atoms with Crippen molar-refractivity contribution < 1.29 is 17.5 Å². The number of nitrogens with zero attached hydrogens (tertiary/aromatic N) is 2. The predicted molar refractivity (Wildman–Crippen MR) is 98.3 cm³/mol. The molecule has 26 heavy (non-hydrogen) atoms. The van der Waals surface area contributed by atoms with Crippen molar-refractivity contribution in [3.63, 3.8) is 0 Å². The lowest BCUT2D eigenvalue weighted by atomic mass is 10.2. The fraction of sp³-hybridized carbons (Fsp3) is 0.278. The molecule has 138 valence electrons. The number of rotatable bonds is 6. The minimum atomic E-state index is -3.91. The monoisotopic (exact) mass is 377 g/mol. The van der Waals surface area contributed by atoms with Gasteiger partial charge < -0.3 is 9.30 Å². The molecule has 0 fully saturated rings. The molecule has 1 aromatic carbocycles. The number of aromatic nitrogens is 2. The number of pyridine rings is 1. The predicted octanol–water partition coefficient (Wildman–Crippen LogP) is 3.64. The Kier molecular flexibility index (Phi) is 4.86. The summed E-state index contributed by atoms with van der Waals surface area (Å²) in [6, 6.07) is 7.31. The van der Waals surface area contributed by atoms with Crippen LogP contribution < -0.4 is 9.46 Å². The summed E-state index contributed by atoms with van der Waals surface area (Å²) >= 11 is 0. The molecule has 0 saturated heterocycles. The quantitative estimate of drug-likeness (QED) is 0.712. The van der Waals surface area contributed by atoms with Crippen LogP contribution >= 0.6 is 0 Å². The topological polar surface area (TPSA) is 73.2 Å². The fourth-order valence-corrected chi connectivity index (χ4v) is 4.04. The van der Waals surface area contributed by atoms with Gasteiger partial charge in [0.2, 0.25) is 0 Å². The molecule has 0 aliphatic carbocycles. The molecule has 0 atom stereocenters. The van der Waals surface area contributed by atoms with Gasteiger partial charge in [0.15, 0.2) is 11.6 Å². The number of fused-ring (bicyclic) bond motifs is 1. The molecule has 0 bridgehead atoms. The first-order chi connectivity index (χ1) is 12.3. The van der Waals surface area contributed by atoms with Crippen molar-refractivity contribution in [3.05, 3.63) is 48.5 Å². The van der Waals surface area contributed by atoms with Gasteiger partial charge in [0, 0.05) is 30.4 Å². The molecule has 3 aromatic rings. The van der Waals surface area contributed by atoms with Crippen LogP contribution in [-0.4, -0.2) is 25.1 Å². The van der Waals surface area contributed by atoms with Gasteiger partial charge >= 0.3 is 0 Å². The summed E-state index contributed by atoms with van der Waals surface area (Å²) in [4.78, 5) is 4.42. The zero-order valence-corrected chi connectivity index (χ0v) is 15.5. The van der Waals surface area contributed by atoms with Gasteiger partial charge in [-0.2, -0.15) is 0 Å². The van der Waals surface area contributed by atoms with Crippen molar-refractivity contribution in [3.8, 4) is 5.75 Å². The number of sulfonamides is 1. The van der Waals surface area contributed by atoms with E-state index in [0.29, 0.717) is 23.5 Å². The average molecular weight is 377 g/mol. The second-order valence-electron chi connectivity index (χ2n) is 6.37. The molecule has 2 aromatic heterocycles. The molecule has 0 unspecified atom stereocenters. The minimum Gasteiger partial charge on any atom is -0.494 e. The van der Waals surface area contributed by atoms with E-state index in [1.54, 1.807) is 24.5 Å². The molecule has 1 N–H and O–H groups in total. The van der Waals surface area contributed by atoms with Crippen molar-refractivity contribution >= 4 is 26.7 Å². The molecule has 0 radical (unpaired) electrons. The Morgan fingerprint density at radius 2 is 2.08 bits per heavy atom. The molecule has 8 heteroatoms. The van der Waals surface area contributed by atoms with Gasteiger partial charge in [-0.15, -0.1) is 0 Å². The zero-order valence-electron chi connectivity index (χ0n) is 14.7. The third kappa shape index (κ3) is 3.50. The summed E-state index contributed by atoms with van der Waals surface area (Å²) in [5.74, 6) is -0.269. The largest absolute Gasteiger partial charge is 0.494 e. The molecule has 0 aliphatic rings. The first kappa shape index (κ1) is 18.2. The normalized spacial score (nSPS) is 11.9. The van der Waals surface area contributed by atoms with Gasteiger partial charge in [-0.3, -0.25) is 4.72 Å². The van der Waals surface area contributed by atoms with Gasteiger partial charge in [-0.1, -0.05) is 13.8 Å². The third-order valence-electron chi connectivity index (χ3n) is 3.85. The highest BCUT2D eigenvalue weighted by molar-refractivity contribution is 7.93. The molecule has 0 saturated carbocycles. The molecule has 0 aliphatic heterocycles. The van der Waals surface area contributed by atoms with Gasteiger partial charge in [0.05, 0.1) is 12.8 Å². The SMILES string of the molecule is COc1ccc(NS(=O)(=O)c2cn(CC(C)C)c3ncccc23)cc1F. The van der Waals surface area contributed by atoms with Crippen molar-refractivity contribution in [1.82, 2.24) is 9.55 Å². The summed E-state index contributed by atoms with van der Waals surface area (Å²) in [5.41, 5.74) is 0.722. The minimum absolute atomic E-state index is 0.0469. The van der Waals surface area contributed by atoms with Gasteiger partial charge in [0.25, 0.3) is 10.0 Å². The van der Waals surface area contributed by atoms with Crippen LogP contribution in [0.1, 0.15) is 13.8 Å². The molecular formula is C18H20FN3O3S. The number of ether oxygens (including phenoxy) is 1. The molecule has 6 nitrogen and oxygen atoms in total. The van der Waals surface area contributed by atoms with Crippen LogP contribution in [-0.2, 0) is 16.6 Å². The van der Waals surface area contributed by atoms with Crippen molar-refractivity contribution in [2.24, 2.45) is 5.92 Å². The number of halogens is 1. The van der Waals surface area contributed by atoms with E-state index in [9.17, 15) is 12.8 Å². The van der Waals surface area contributed by atoms with Crippen LogP contribution in [0.15, 0.2) is 47.6 Å². The summed E-state index contributed by atoms with van der Waals surface area (Å²) in [6.07, 6.45) is 3.20. The Morgan fingerprint density at radius 3 is 2.73 bits per heavy atom. The maximum absolute atomic E-state index is 13.9. The lowest BCUT2D eigenvalue weighted by Gasteiger charge is -2.09. The number of hydrogen-bond acceptors (Lipinski definition) is 4. The van der Waals surface area contributed by atoms with Crippen LogP contribution in [0, 0.1) is 11.7 Å². The number of benzene rings is 1. The van der Waals surface area contributed by atoms with Crippen molar-refractivity contribution in [2.75, 3.05) is 11.8 Å². The number of anilines is 1. The van der Waals surface area contributed by atoms with Crippen LogP contribution in [0.5, 0.6) is 5.75 Å². The summed E-state index contributed by atoms with van der Waals surface area (Å²) < 4.78 is 48.7. The molecular weight excluding hydrogens is 357 g/mol. The van der Waals surface area contributed by atoms with E-state index >= 15 is 0 Å².